The van der Waals surface area contributed by atoms with E-state index in [4.69, 9.17) is 4.74 Å². The van der Waals surface area contributed by atoms with Crippen LogP contribution in [0.3, 0.4) is 0 Å². The maximum Gasteiger partial charge on any atom is 0.138 e. The van der Waals surface area contributed by atoms with Gasteiger partial charge in [0, 0.05) is 25.1 Å². The van der Waals surface area contributed by atoms with Crippen molar-refractivity contribution in [2.45, 2.75) is 26.0 Å². The number of rotatable bonds is 3. The number of thiophene rings is 1. The van der Waals surface area contributed by atoms with Crippen molar-refractivity contribution in [3.05, 3.63) is 16.8 Å². The lowest BCUT2D eigenvalue weighted by molar-refractivity contribution is 0.111. The van der Waals surface area contributed by atoms with Crippen LogP contribution >= 0.6 is 11.3 Å². The van der Waals surface area contributed by atoms with Crippen molar-refractivity contribution in [1.82, 2.24) is 15.3 Å². The Labute approximate surface area is 116 Å². The van der Waals surface area contributed by atoms with E-state index in [9.17, 15) is 0 Å². The summed E-state index contributed by atoms with van der Waals surface area (Å²) in [5.74, 6) is 0.919. The third-order valence-corrected chi connectivity index (χ3v) is 4.86. The van der Waals surface area contributed by atoms with E-state index >= 15 is 0 Å². The lowest BCUT2D eigenvalue weighted by atomic mass is 10.1. The van der Waals surface area contributed by atoms with Crippen LogP contribution in [0.1, 0.15) is 10.4 Å². The number of hydrogen-bond donors (Lipinski definition) is 2. The molecule has 2 aromatic rings. The predicted octanol–water partition coefficient (Wildman–Crippen LogP) is 1.71. The zero-order valence-electron chi connectivity index (χ0n) is 11.4. The van der Waals surface area contributed by atoms with Crippen LogP contribution < -0.4 is 10.6 Å². The summed E-state index contributed by atoms with van der Waals surface area (Å²) in [5, 5.41) is 7.99. The third kappa shape index (κ3) is 2.20. The Hall–Kier alpha value is -1.24. The molecular weight excluding hydrogens is 260 g/mol. The highest BCUT2D eigenvalue weighted by molar-refractivity contribution is 7.18. The first kappa shape index (κ1) is 12.8. The van der Waals surface area contributed by atoms with E-state index in [1.165, 1.54) is 10.4 Å². The van der Waals surface area contributed by atoms with Crippen molar-refractivity contribution in [2.75, 3.05) is 25.5 Å². The molecule has 0 spiro atoms. The van der Waals surface area contributed by atoms with Gasteiger partial charge in [0.15, 0.2) is 0 Å². The molecule has 1 saturated heterocycles. The Balaban J connectivity index is 1.96. The molecule has 0 radical (unpaired) electrons. The maximum absolute atomic E-state index is 5.48. The Morgan fingerprint density at radius 2 is 2.21 bits per heavy atom. The summed E-state index contributed by atoms with van der Waals surface area (Å²) in [5.41, 5.74) is 1.27. The number of aromatic nitrogens is 2. The molecular formula is C13H18N4OS. The first-order valence-electron chi connectivity index (χ1n) is 6.41. The summed E-state index contributed by atoms with van der Waals surface area (Å²) in [7, 11) is 1.75. The number of nitrogens with zero attached hydrogens (tertiary/aromatic N) is 2. The fraction of sp³-hybridized carbons (Fsp3) is 0.538. The number of aryl methyl sites for hydroxylation is 2. The molecule has 0 aromatic carbocycles. The fourth-order valence-corrected chi connectivity index (χ4v) is 3.51. The van der Waals surface area contributed by atoms with Gasteiger partial charge in [-0.25, -0.2) is 9.97 Å². The topological polar surface area (TPSA) is 59.1 Å². The second kappa shape index (κ2) is 5.03. The van der Waals surface area contributed by atoms with Gasteiger partial charge < -0.3 is 15.4 Å². The average Bonchev–Trinajstić information content (AvgIpc) is 2.96. The molecule has 102 valence electrons. The highest BCUT2D eigenvalue weighted by atomic mass is 32.1. The minimum atomic E-state index is 0.185. The summed E-state index contributed by atoms with van der Waals surface area (Å²) in [6.45, 7) is 6.03. The Morgan fingerprint density at radius 1 is 1.37 bits per heavy atom. The van der Waals surface area contributed by atoms with Crippen LogP contribution in [-0.2, 0) is 4.74 Å². The van der Waals surface area contributed by atoms with E-state index in [1.54, 1.807) is 24.8 Å². The second-order valence-electron chi connectivity index (χ2n) is 4.87. The minimum absolute atomic E-state index is 0.185. The molecule has 2 atom stereocenters. The van der Waals surface area contributed by atoms with Crippen LogP contribution in [-0.4, -0.2) is 42.3 Å². The lowest BCUT2D eigenvalue weighted by Crippen LogP contribution is -2.33. The van der Waals surface area contributed by atoms with E-state index in [1.807, 2.05) is 0 Å². The maximum atomic E-state index is 5.48. The zero-order valence-corrected chi connectivity index (χ0v) is 12.2. The van der Waals surface area contributed by atoms with Gasteiger partial charge in [-0.2, -0.15) is 0 Å². The van der Waals surface area contributed by atoms with Crippen LogP contribution in [0.15, 0.2) is 6.33 Å². The average molecular weight is 278 g/mol. The molecule has 5 nitrogen and oxygen atoms in total. The number of fused-ring (bicyclic) bond motifs is 1. The fourth-order valence-electron chi connectivity index (χ4n) is 2.51. The molecule has 2 aromatic heterocycles. The summed E-state index contributed by atoms with van der Waals surface area (Å²) in [6.07, 6.45) is 1.81. The number of nitrogens with one attached hydrogen (secondary N) is 2. The smallest absolute Gasteiger partial charge is 0.138 e. The molecule has 2 N–H and O–H groups in total. The Kier molecular flexibility index (Phi) is 3.38. The molecule has 0 bridgehead atoms. The van der Waals surface area contributed by atoms with Crippen molar-refractivity contribution in [1.29, 1.82) is 0 Å². The van der Waals surface area contributed by atoms with E-state index in [2.05, 4.69) is 34.4 Å². The Morgan fingerprint density at radius 3 is 3.00 bits per heavy atom. The van der Waals surface area contributed by atoms with Crippen LogP contribution in [0.25, 0.3) is 10.2 Å². The highest BCUT2D eigenvalue weighted by Gasteiger charge is 2.27. The predicted molar refractivity (Wildman–Crippen MR) is 78.0 cm³/mol. The van der Waals surface area contributed by atoms with Crippen molar-refractivity contribution < 1.29 is 4.74 Å². The number of methoxy groups -OCH3 is 1. The number of hydrogen-bond acceptors (Lipinski definition) is 6. The Bertz CT molecular complexity index is 598. The van der Waals surface area contributed by atoms with Crippen LogP contribution in [0.4, 0.5) is 5.82 Å². The van der Waals surface area contributed by atoms with Crippen molar-refractivity contribution in [2.24, 2.45) is 0 Å². The first-order valence-corrected chi connectivity index (χ1v) is 7.23. The number of ether oxygens (including phenoxy) is 1. The molecule has 1 unspecified atom stereocenters. The summed E-state index contributed by atoms with van der Waals surface area (Å²) in [4.78, 5) is 11.1. The van der Waals surface area contributed by atoms with E-state index in [-0.39, 0.29) is 12.1 Å². The molecule has 0 saturated carbocycles. The molecule has 1 aliphatic heterocycles. The second-order valence-corrected chi connectivity index (χ2v) is 6.07. The monoisotopic (exact) mass is 278 g/mol. The van der Waals surface area contributed by atoms with Gasteiger partial charge in [-0.1, -0.05) is 0 Å². The van der Waals surface area contributed by atoms with Crippen molar-refractivity contribution in [3.63, 3.8) is 0 Å². The van der Waals surface area contributed by atoms with Gasteiger partial charge in [-0.3, -0.25) is 0 Å². The van der Waals surface area contributed by atoms with Gasteiger partial charge >= 0.3 is 0 Å². The van der Waals surface area contributed by atoms with E-state index in [0.29, 0.717) is 0 Å². The first-order chi connectivity index (χ1) is 9.20. The summed E-state index contributed by atoms with van der Waals surface area (Å²) >= 11 is 1.72. The molecule has 3 heterocycles. The van der Waals surface area contributed by atoms with E-state index in [0.717, 1.165) is 29.1 Å². The van der Waals surface area contributed by atoms with Crippen LogP contribution in [0.5, 0.6) is 0 Å². The zero-order chi connectivity index (χ0) is 13.4. The van der Waals surface area contributed by atoms with Gasteiger partial charge in [-0.15, -0.1) is 11.3 Å². The van der Waals surface area contributed by atoms with E-state index < -0.39 is 0 Å². The van der Waals surface area contributed by atoms with Gasteiger partial charge in [0.2, 0.25) is 0 Å². The van der Waals surface area contributed by atoms with Crippen molar-refractivity contribution in [3.8, 4) is 0 Å². The SMILES string of the molecule is CO[C@H]1CNCC1Nc1ncnc2sc(C)c(C)c12. The molecule has 0 amide bonds. The standard InChI is InChI=1S/C13H18N4OS/c1-7-8(2)19-13-11(7)12(15-6-16-13)17-9-4-14-5-10(9)18-3/h6,9-10,14H,4-5H2,1-3H3,(H,15,16,17)/t9?,10-/m0/s1. The lowest BCUT2D eigenvalue weighted by Gasteiger charge is -2.19. The minimum Gasteiger partial charge on any atom is -0.378 e. The van der Waals surface area contributed by atoms with Gasteiger partial charge in [0.1, 0.15) is 17.0 Å². The normalized spacial score (nSPS) is 23.1. The largest absolute Gasteiger partial charge is 0.378 e. The quantitative estimate of drug-likeness (QED) is 0.895. The highest BCUT2D eigenvalue weighted by Crippen LogP contribution is 2.33. The molecule has 1 fully saturated rings. The molecule has 0 aliphatic carbocycles. The van der Waals surface area contributed by atoms with Crippen LogP contribution in [0, 0.1) is 13.8 Å². The molecule has 3 rings (SSSR count). The molecule has 6 heteroatoms. The molecule has 19 heavy (non-hydrogen) atoms. The van der Waals surface area contributed by atoms with Gasteiger partial charge in [0.25, 0.3) is 0 Å². The number of anilines is 1. The molecule has 1 aliphatic rings. The summed E-state index contributed by atoms with van der Waals surface area (Å²) in [6, 6.07) is 0.253. The third-order valence-electron chi connectivity index (χ3n) is 3.75. The van der Waals surface area contributed by atoms with Crippen LogP contribution in [0.2, 0.25) is 0 Å². The summed E-state index contributed by atoms with van der Waals surface area (Å²) < 4.78 is 5.48. The van der Waals surface area contributed by atoms with Crippen molar-refractivity contribution >= 4 is 27.4 Å². The van der Waals surface area contributed by atoms with Gasteiger partial charge in [-0.05, 0) is 19.4 Å². The van der Waals surface area contributed by atoms with Gasteiger partial charge in [0.05, 0.1) is 17.5 Å².